The van der Waals surface area contributed by atoms with Gasteiger partial charge in [0.25, 0.3) is 0 Å². The minimum atomic E-state index is -0.577. The lowest BCUT2D eigenvalue weighted by atomic mass is 9.94. The first-order valence-electron chi connectivity index (χ1n) is 16.4. The number of rotatable bonds is 4. The quantitative estimate of drug-likeness (QED) is 0.207. The van der Waals surface area contributed by atoms with Crippen molar-refractivity contribution in [1.29, 1.82) is 0 Å². The number of pyridine rings is 2. The molecule has 7 rings (SSSR count). The van der Waals surface area contributed by atoms with Crippen molar-refractivity contribution < 1.29 is 19.1 Å². The summed E-state index contributed by atoms with van der Waals surface area (Å²) in [5, 5.41) is 5.19. The number of ether oxygens (including phenoxy) is 1. The van der Waals surface area contributed by atoms with E-state index in [1.165, 1.54) is 6.92 Å². The topological polar surface area (TPSA) is 133 Å². The van der Waals surface area contributed by atoms with Crippen molar-refractivity contribution in [3.63, 3.8) is 0 Å². The zero-order chi connectivity index (χ0) is 32.7. The van der Waals surface area contributed by atoms with E-state index < -0.39 is 6.04 Å². The third kappa shape index (κ3) is 6.37. The summed E-state index contributed by atoms with van der Waals surface area (Å²) in [4.78, 5) is 60.6. The van der Waals surface area contributed by atoms with E-state index in [4.69, 9.17) is 9.72 Å². The van der Waals surface area contributed by atoms with Crippen LogP contribution in [0.25, 0.3) is 22.2 Å². The molecule has 1 saturated carbocycles. The van der Waals surface area contributed by atoms with Crippen molar-refractivity contribution in [2.24, 2.45) is 5.41 Å². The minimum absolute atomic E-state index is 0.00903. The number of piperidine rings is 1. The Hall–Kier alpha value is -3.90. The molecular weight excluding hydrogens is 662 g/mol. The molecule has 11 nitrogen and oxygen atoms in total. The lowest BCUT2D eigenvalue weighted by Gasteiger charge is -2.27. The average Bonchev–Trinajstić information content (AvgIpc) is 3.46. The Morgan fingerprint density at radius 1 is 1.04 bits per heavy atom. The zero-order valence-corrected chi connectivity index (χ0v) is 28.3. The van der Waals surface area contributed by atoms with Crippen LogP contribution in [0.15, 0.2) is 41.4 Å². The van der Waals surface area contributed by atoms with E-state index in [0.29, 0.717) is 52.2 Å². The summed E-state index contributed by atoms with van der Waals surface area (Å²) in [5.74, 6) is 0.217. The molecule has 1 saturated heterocycles. The average molecular weight is 701 g/mol. The van der Waals surface area contributed by atoms with Crippen LogP contribution in [0.1, 0.15) is 79.4 Å². The van der Waals surface area contributed by atoms with Gasteiger partial charge in [0.2, 0.25) is 5.91 Å². The molecule has 0 aromatic carbocycles. The monoisotopic (exact) mass is 699 g/mol. The number of Topliss-reactive ketones (excluding diaryl/α,β-unsaturated/α-hetero) is 2. The van der Waals surface area contributed by atoms with Crippen LogP contribution in [0.4, 0.5) is 0 Å². The third-order valence-corrected chi connectivity index (χ3v) is 10.4. The minimum Gasteiger partial charge on any atom is -0.381 e. The van der Waals surface area contributed by atoms with Crippen molar-refractivity contribution in [3.05, 3.63) is 64.2 Å². The van der Waals surface area contributed by atoms with Gasteiger partial charge in [-0.1, -0.05) is 25.3 Å². The second kappa shape index (κ2) is 13.0. The van der Waals surface area contributed by atoms with Gasteiger partial charge in [-0.05, 0) is 72.7 Å². The number of likely N-dealkylation sites (tertiary alicyclic amines) is 1. The number of carbonyl (C=O) groups is 3. The molecule has 0 N–H and O–H groups in total. The predicted molar refractivity (Wildman–Crippen MR) is 178 cm³/mol. The van der Waals surface area contributed by atoms with Crippen LogP contribution in [0.3, 0.4) is 0 Å². The van der Waals surface area contributed by atoms with Gasteiger partial charge in [0.1, 0.15) is 22.7 Å². The van der Waals surface area contributed by atoms with Crippen molar-refractivity contribution in [1.82, 2.24) is 34.6 Å². The fraction of sp³-hybridized carbons (Fsp3) is 0.486. The van der Waals surface area contributed by atoms with Crippen LogP contribution < -0.4 is 0 Å². The van der Waals surface area contributed by atoms with Crippen molar-refractivity contribution in [3.8, 4) is 11.3 Å². The van der Waals surface area contributed by atoms with E-state index in [0.717, 1.165) is 56.2 Å². The summed E-state index contributed by atoms with van der Waals surface area (Å²) in [6.45, 7) is 4.39. The maximum absolute atomic E-state index is 14.2. The smallest absolute Gasteiger partial charge is 0.245 e. The summed E-state index contributed by atoms with van der Waals surface area (Å²) in [6.07, 6.45) is 12.9. The van der Waals surface area contributed by atoms with Gasteiger partial charge in [0, 0.05) is 48.3 Å². The van der Waals surface area contributed by atoms with E-state index in [1.807, 2.05) is 13.0 Å². The first-order chi connectivity index (χ1) is 22.7. The van der Waals surface area contributed by atoms with Crippen molar-refractivity contribution in [2.45, 2.75) is 90.3 Å². The van der Waals surface area contributed by atoms with Gasteiger partial charge in [-0.15, -0.1) is 0 Å². The molecule has 1 aliphatic carbocycles. The number of aryl methyl sites for hydroxylation is 2. The number of fused-ring (bicyclic) bond motifs is 3. The molecule has 4 aromatic heterocycles. The number of nitrogens with zero attached hydrogens (tertiary/aromatic N) is 7. The molecule has 244 valence electrons. The predicted octanol–water partition coefficient (Wildman–Crippen LogP) is 5.25. The molecule has 6 heterocycles. The Morgan fingerprint density at radius 3 is 2.64 bits per heavy atom. The molecule has 47 heavy (non-hydrogen) atoms. The van der Waals surface area contributed by atoms with Crippen LogP contribution in [0.5, 0.6) is 0 Å². The first-order valence-corrected chi connectivity index (χ1v) is 17.2. The number of halogens is 1. The fourth-order valence-corrected chi connectivity index (χ4v) is 7.65. The van der Waals surface area contributed by atoms with Crippen molar-refractivity contribution >= 4 is 44.3 Å². The summed E-state index contributed by atoms with van der Waals surface area (Å²) < 4.78 is 8.40. The Balaban J connectivity index is 1.19. The van der Waals surface area contributed by atoms with Gasteiger partial charge in [0.05, 0.1) is 42.2 Å². The molecule has 3 atom stereocenters. The van der Waals surface area contributed by atoms with Crippen LogP contribution >= 0.6 is 15.9 Å². The summed E-state index contributed by atoms with van der Waals surface area (Å²) in [7, 11) is 0. The van der Waals surface area contributed by atoms with E-state index in [-0.39, 0.29) is 47.6 Å². The van der Waals surface area contributed by atoms with Crippen LogP contribution in [-0.4, -0.2) is 77.4 Å². The molecule has 0 unspecified atom stereocenters. The number of amides is 1. The highest BCUT2D eigenvalue weighted by atomic mass is 79.9. The van der Waals surface area contributed by atoms with Crippen LogP contribution in [-0.2, 0) is 33.7 Å². The zero-order valence-electron chi connectivity index (χ0n) is 26.7. The lowest BCUT2D eigenvalue weighted by molar-refractivity contribution is -0.139. The highest BCUT2D eigenvalue weighted by molar-refractivity contribution is 9.10. The first kappa shape index (κ1) is 31.7. The number of aromatic nitrogens is 6. The lowest BCUT2D eigenvalue weighted by Crippen LogP contribution is -2.45. The van der Waals surface area contributed by atoms with Crippen molar-refractivity contribution in [2.75, 3.05) is 13.2 Å². The maximum atomic E-state index is 14.2. The Labute approximate surface area is 281 Å². The highest BCUT2D eigenvalue weighted by Crippen LogP contribution is 2.60. The fourth-order valence-electron chi connectivity index (χ4n) is 7.31. The van der Waals surface area contributed by atoms with Gasteiger partial charge >= 0.3 is 0 Å². The summed E-state index contributed by atoms with van der Waals surface area (Å²) in [6, 6.07) is 5.14. The van der Waals surface area contributed by atoms with E-state index in [2.05, 4.69) is 42.0 Å². The molecule has 1 amide bonds. The Morgan fingerprint density at radius 2 is 1.83 bits per heavy atom. The van der Waals surface area contributed by atoms with Gasteiger partial charge in [0.15, 0.2) is 11.6 Å². The molecule has 2 bridgehead atoms. The molecule has 3 aliphatic rings. The van der Waals surface area contributed by atoms with Gasteiger partial charge in [-0.2, -0.15) is 5.10 Å². The maximum Gasteiger partial charge on any atom is 0.245 e. The van der Waals surface area contributed by atoms with E-state index >= 15 is 0 Å². The highest BCUT2D eigenvalue weighted by Gasteiger charge is 2.67. The van der Waals surface area contributed by atoms with Crippen LogP contribution in [0.2, 0.25) is 0 Å². The Bertz CT molecular complexity index is 1860. The SMILES string of the molecule is CC(=O)c1nn(CC(=O)N2[C@H]3C[C@@]4(COCCCCCCCc5ccc(Br)nc5CC3=O)C[C@@H]24)c2cnc(-c3cnc(C)nc3)cc12. The van der Waals surface area contributed by atoms with Crippen LogP contribution in [0, 0.1) is 12.3 Å². The van der Waals surface area contributed by atoms with E-state index in [9.17, 15) is 14.4 Å². The molecule has 1 spiro atoms. The largest absolute Gasteiger partial charge is 0.381 e. The van der Waals surface area contributed by atoms with Gasteiger partial charge in [-0.25, -0.2) is 15.0 Å². The number of hydrogen-bond acceptors (Lipinski definition) is 9. The Kier molecular flexibility index (Phi) is 8.73. The second-order valence-corrected chi connectivity index (χ2v) is 14.0. The van der Waals surface area contributed by atoms with Gasteiger partial charge in [-0.3, -0.25) is 24.0 Å². The molecule has 2 aliphatic heterocycles. The third-order valence-electron chi connectivity index (χ3n) is 9.91. The normalized spacial score (nSPS) is 23.4. The molecule has 12 heteroatoms. The standard InChI is InChI=1S/C35H38BrN7O4/c1-21(44)34-25-12-26(24-16-37-22(2)38-17-24)39-18-29(25)42(41-34)19-33(46)43-28-14-35(15-31(35)43)20-47-11-7-5-3-4-6-8-23-9-10-32(36)40-27(23)13-30(28)45/h9-10,12,16-18,28,31H,3-8,11,13-15,19-20H2,1-2H3/t28-,31+,35-/m0/s1. The molecule has 0 radical (unpaired) electrons. The molecule has 2 fully saturated rings. The summed E-state index contributed by atoms with van der Waals surface area (Å²) in [5.41, 5.74) is 3.81. The van der Waals surface area contributed by atoms with Gasteiger partial charge < -0.3 is 9.64 Å². The van der Waals surface area contributed by atoms with E-state index in [1.54, 1.807) is 34.2 Å². The molecular formula is C35H38BrN7O4. The number of ketones is 2. The second-order valence-electron chi connectivity index (χ2n) is 13.2. The number of hydrogen-bond donors (Lipinski definition) is 0. The number of carbonyl (C=O) groups excluding carboxylic acids is 3. The molecule has 4 aromatic rings. The summed E-state index contributed by atoms with van der Waals surface area (Å²) >= 11 is 3.49.